The van der Waals surface area contributed by atoms with Gasteiger partial charge in [0.2, 0.25) is 5.88 Å². The van der Waals surface area contributed by atoms with Crippen LogP contribution in [0.5, 0.6) is 0 Å². The third kappa shape index (κ3) is 5.05. The second-order valence-electron chi connectivity index (χ2n) is 7.16. The Morgan fingerprint density at radius 2 is 2.03 bits per heavy atom. The lowest BCUT2D eigenvalue weighted by molar-refractivity contribution is -0.139. The second-order valence-corrected chi connectivity index (χ2v) is 8.98. The minimum absolute atomic E-state index is 0.0733. The summed E-state index contributed by atoms with van der Waals surface area (Å²) in [6, 6.07) is 13.4. The number of aryl methyl sites for hydroxylation is 2. The van der Waals surface area contributed by atoms with Gasteiger partial charge in [0.05, 0.1) is 29.4 Å². The van der Waals surface area contributed by atoms with E-state index in [1.54, 1.807) is 6.92 Å². The number of rotatable bonds is 6. The molecule has 2 N–H and O–H groups in total. The highest BCUT2D eigenvalue weighted by atomic mass is 79.9. The summed E-state index contributed by atoms with van der Waals surface area (Å²) in [6.45, 7) is 5.56. The highest BCUT2D eigenvalue weighted by molar-refractivity contribution is 9.10. The predicted octanol–water partition coefficient (Wildman–Crippen LogP) is 4.75. The fourth-order valence-electron chi connectivity index (χ4n) is 3.55. The smallest absolute Gasteiger partial charge is 0.338 e. The van der Waals surface area contributed by atoms with Crippen molar-refractivity contribution in [3.05, 3.63) is 80.0 Å². The zero-order chi connectivity index (χ0) is 24.1. The molecule has 1 atom stereocenters. The molecule has 168 valence electrons. The number of ether oxygens (including phenoxy) is 2. The van der Waals surface area contributed by atoms with Gasteiger partial charge in [-0.25, -0.2) is 9.78 Å². The van der Waals surface area contributed by atoms with Crippen LogP contribution in [0, 0.1) is 36.5 Å². The summed E-state index contributed by atoms with van der Waals surface area (Å²) in [7, 11) is 0. The predicted molar refractivity (Wildman–Crippen MR) is 128 cm³/mol. The SMILES string of the molecule is CCOC(=O)C1=C(CSc2nc(C)cc(C)c2C#N)OC(N)=C(C#N)[C@@H]1c1ccccc1Br. The highest BCUT2D eigenvalue weighted by Gasteiger charge is 2.38. The zero-order valence-corrected chi connectivity index (χ0v) is 20.7. The molecule has 0 saturated heterocycles. The maximum Gasteiger partial charge on any atom is 0.338 e. The zero-order valence-electron chi connectivity index (χ0n) is 18.3. The van der Waals surface area contributed by atoms with Crippen LogP contribution >= 0.6 is 27.7 Å². The minimum Gasteiger partial charge on any atom is -0.463 e. The molecule has 1 aromatic carbocycles. The summed E-state index contributed by atoms with van der Waals surface area (Å²) >= 11 is 4.78. The van der Waals surface area contributed by atoms with Gasteiger partial charge in [0.15, 0.2) is 0 Å². The number of hydrogen-bond donors (Lipinski definition) is 1. The molecule has 0 fully saturated rings. The van der Waals surface area contributed by atoms with E-state index >= 15 is 0 Å². The quantitative estimate of drug-likeness (QED) is 0.424. The van der Waals surface area contributed by atoms with Crippen LogP contribution in [0.1, 0.15) is 35.2 Å². The first-order chi connectivity index (χ1) is 15.8. The molecule has 1 aliphatic heterocycles. The van der Waals surface area contributed by atoms with Gasteiger partial charge >= 0.3 is 5.97 Å². The Bertz CT molecular complexity index is 1260. The first-order valence-electron chi connectivity index (χ1n) is 10.1. The van der Waals surface area contributed by atoms with E-state index in [9.17, 15) is 15.3 Å². The number of nitrogens with two attached hydrogens (primary N) is 1. The van der Waals surface area contributed by atoms with E-state index in [2.05, 4.69) is 33.1 Å². The Labute approximate surface area is 205 Å². The van der Waals surface area contributed by atoms with Crippen molar-refractivity contribution in [3.8, 4) is 12.1 Å². The number of carbonyl (C=O) groups excluding carboxylic acids is 1. The van der Waals surface area contributed by atoms with Gasteiger partial charge in [0, 0.05) is 10.2 Å². The van der Waals surface area contributed by atoms with Gasteiger partial charge in [-0.1, -0.05) is 45.9 Å². The van der Waals surface area contributed by atoms with E-state index in [-0.39, 0.29) is 35.1 Å². The molecule has 9 heteroatoms. The van der Waals surface area contributed by atoms with Crippen LogP contribution in [0.4, 0.5) is 0 Å². The molecule has 0 radical (unpaired) electrons. The Hall–Kier alpha value is -3.27. The van der Waals surface area contributed by atoms with E-state index in [0.29, 0.717) is 20.6 Å². The van der Waals surface area contributed by atoms with Crippen molar-refractivity contribution in [2.75, 3.05) is 12.4 Å². The molecule has 2 heterocycles. The number of pyridine rings is 1. The van der Waals surface area contributed by atoms with Crippen LogP contribution in [0.3, 0.4) is 0 Å². The average Bonchev–Trinajstić information content (AvgIpc) is 2.77. The molecule has 2 aromatic rings. The number of halogens is 1. The van der Waals surface area contributed by atoms with Crippen LogP contribution in [-0.4, -0.2) is 23.3 Å². The molecule has 0 unspecified atom stereocenters. The lowest BCUT2D eigenvalue weighted by Gasteiger charge is -2.28. The van der Waals surface area contributed by atoms with Gasteiger partial charge in [-0.05, 0) is 44.0 Å². The van der Waals surface area contributed by atoms with Gasteiger partial charge < -0.3 is 15.2 Å². The van der Waals surface area contributed by atoms with Gasteiger partial charge in [-0.3, -0.25) is 0 Å². The van der Waals surface area contributed by atoms with Crippen molar-refractivity contribution in [2.45, 2.75) is 31.7 Å². The number of carbonyl (C=O) groups is 1. The number of thioether (sulfide) groups is 1. The number of nitrogens with zero attached hydrogens (tertiary/aromatic N) is 3. The highest BCUT2D eigenvalue weighted by Crippen LogP contribution is 2.43. The van der Waals surface area contributed by atoms with E-state index < -0.39 is 11.9 Å². The molecule has 33 heavy (non-hydrogen) atoms. The van der Waals surface area contributed by atoms with Crippen molar-refractivity contribution in [3.63, 3.8) is 0 Å². The van der Waals surface area contributed by atoms with Crippen molar-refractivity contribution >= 4 is 33.7 Å². The molecule has 7 nitrogen and oxygen atoms in total. The Morgan fingerprint density at radius 1 is 1.30 bits per heavy atom. The third-order valence-corrected chi connectivity index (χ3v) is 6.67. The summed E-state index contributed by atoms with van der Waals surface area (Å²) in [5.74, 6) is -1.00. The largest absolute Gasteiger partial charge is 0.463 e. The van der Waals surface area contributed by atoms with Crippen LogP contribution in [0.2, 0.25) is 0 Å². The Morgan fingerprint density at radius 3 is 2.67 bits per heavy atom. The Kier molecular flexibility index (Phi) is 7.80. The van der Waals surface area contributed by atoms with Gasteiger partial charge in [0.1, 0.15) is 28.5 Å². The number of benzene rings is 1. The number of hydrogen-bond acceptors (Lipinski definition) is 8. The molecule has 0 bridgehead atoms. The first-order valence-corrected chi connectivity index (χ1v) is 11.8. The van der Waals surface area contributed by atoms with Gasteiger partial charge in [-0.15, -0.1) is 0 Å². The summed E-state index contributed by atoms with van der Waals surface area (Å²) in [6.07, 6.45) is 0. The monoisotopic (exact) mass is 524 g/mol. The normalized spacial score (nSPS) is 15.5. The first kappa shape index (κ1) is 24.4. The maximum atomic E-state index is 13.1. The summed E-state index contributed by atoms with van der Waals surface area (Å²) in [4.78, 5) is 17.6. The number of allylic oxidation sites excluding steroid dienone is 1. The molecular formula is C24H21BrN4O3S. The number of esters is 1. The molecule has 0 aliphatic carbocycles. The van der Waals surface area contributed by atoms with Crippen molar-refractivity contribution in [2.24, 2.45) is 5.73 Å². The molecule has 3 rings (SSSR count). The molecule has 0 saturated carbocycles. The topological polar surface area (TPSA) is 122 Å². The molecule has 1 aliphatic rings. The second kappa shape index (κ2) is 10.6. The van der Waals surface area contributed by atoms with E-state index in [0.717, 1.165) is 11.3 Å². The number of nitriles is 2. The lowest BCUT2D eigenvalue weighted by atomic mass is 9.83. The van der Waals surface area contributed by atoms with Crippen molar-refractivity contribution in [1.29, 1.82) is 10.5 Å². The molecule has 1 aromatic heterocycles. The standard InChI is InChI=1S/C24H21BrN4O3S/c1-4-31-24(30)21-19(12-33-23-16(10-26)13(2)9-14(3)29-23)32-22(28)17(11-27)20(21)15-7-5-6-8-18(15)25/h5-9,20H,4,12,28H2,1-3H3/t20-/m0/s1. The van der Waals surface area contributed by atoms with E-state index in [1.165, 1.54) is 11.8 Å². The summed E-state index contributed by atoms with van der Waals surface area (Å²) < 4.78 is 11.8. The van der Waals surface area contributed by atoms with Crippen molar-refractivity contribution < 1.29 is 14.3 Å². The van der Waals surface area contributed by atoms with E-state index in [1.807, 2.05) is 44.2 Å². The van der Waals surface area contributed by atoms with Crippen LogP contribution < -0.4 is 5.73 Å². The maximum absolute atomic E-state index is 13.1. The third-order valence-electron chi connectivity index (χ3n) is 4.97. The summed E-state index contributed by atoms with van der Waals surface area (Å²) in [5, 5.41) is 19.9. The van der Waals surface area contributed by atoms with Gasteiger partial charge in [0.25, 0.3) is 0 Å². The number of aromatic nitrogens is 1. The fourth-order valence-corrected chi connectivity index (χ4v) is 5.11. The lowest BCUT2D eigenvalue weighted by Crippen LogP contribution is -2.27. The van der Waals surface area contributed by atoms with Crippen molar-refractivity contribution in [1.82, 2.24) is 4.98 Å². The summed E-state index contributed by atoms with van der Waals surface area (Å²) in [5.41, 5.74) is 9.19. The van der Waals surface area contributed by atoms with Crippen LogP contribution in [0.25, 0.3) is 0 Å². The Balaban J connectivity index is 2.14. The fraction of sp³-hybridized carbons (Fsp3) is 0.250. The molecular weight excluding hydrogens is 504 g/mol. The van der Waals surface area contributed by atoms with Gasteiger partial charge in [-0.2, -0.15) is 10.5 Å². The molecule has 0 amide bonds. The molecule has 0 spiro atoms. The minimum atomic E-state index is -0.767. The van der Waals surface area contributed by atoms with Crippen LogP contribution in [0.15, 0.2) is 62.6 Å². The van der Waals surface area contributed by atoms with Crippen LogP contribution in [-0.2, 0) is 14.3 Å². The average molecular weight is 525 g/mol. The van der Waals surface area contributed by atoms with E-state index in [4.69, 9.17) is 15.2 Å².